The standard InChI is InChI=1S/C18H24N4O9S/c1-10-5-15(26)22(10)8-18(2,32(29)30)9-31-17(28)21-20-14(25)7-19-16(27)11-3-4-12(23)13(24)6-11/h3-4,6,10,23-24,32H,5,7-9H2,1-2H3,(H,19,27)(H,20,25)(H,21,28)/t10-,18-/m1/s1. The van der Waals surface area contributed by atoms with Gasteiger partial charge in [0.25, 0.3) is 11.8 Å². The first-order valence-electron chi connectivity index (χ1n) is 9.38. The minimum atomic E-state index is -3.05. The smallest absolute Gasteiger partial charge is 0.426 e. The van der Waals surface area contributed by atoms with E-state index in [2.05, 4.69) is 5.32 Å². The van der Waals surface area contributed by atoms with E-state index in [0.717, 1.165) is 12.1 Å². The second kappa shape index (κ2) is 10.2. The SMILES string of the molecule is C[C@@H]1CC(=O)N1C[C@](C)(COC(=O)NNC(=O)CNC(=O)c1ccc(O)c(O)c1)[SH](=O)=O. The highest BCUT2D eigenvalue weighted by atomic mass is 32.2. The fourth-order valence-corrected chi connectivity index (χ4v) is 3.17. The van der Waals surface area contributed by atoms with Crippen LogP contribution < -0.4 is 16.2 Å². The Labute approximate surface area is 184 Å². The molecule has 14 heteroatoms. The highest BCUT2D eigenvalue weighted by molar-refractivity contribution is 7.74. The van der Waals surface area contributed by atoms with E-state index in [4.69, 9.17) is 4.74 Å². The number of aromatic hydroxyl groups is 2. The van der Waals surface area contributed by atoms with Gasteiger partial charge in [-0.25, -0.2) is 18.6 Å². The van der Waals surface area contributed by atoms with E-state index >= 15 is 0 Å². The third-order valence-corrected chi connectivity index (χ3v) is 5.89. The molecule has 1 aliphatic rings. The summed E-state index contributed by atoms with van der Waals surface area (Å²) in [6.45, 7) is 1.88. The van der Waals surface area contributed by atoms with Gasteiger partial charge in [0.15, 0.2) is 22.2 Å². The molecule has 0 bridgehead atoms. The number of carbonyl (C=O) groups is 4. The molecule has 0 aromatic heterocycles. The molecule has 1 aliphatic heterocycles. The molecule has 0 saturated carbocycles. The summed E-state index contributed by atoms with van der Waals surface area (Å²) in [5.41, 5.74) is 3.87. The Morgan fingerprint density at radius 2 is 1.91 bits per heavy atom. The predicted molar refractivity (Wildman–Crippen MR) is 109 cm³/mol. The van der Waals surface area contributed by atoms with E-state index in [9.17, 15) is 37.8 Å². The van der Waals surface area contributed by atoms with Crippen molar-refractivity contribution in [3.63, 3.8) is 0 Å². The minimum Gasteiger partial charge on any atom is -0.504 e. The van der Waals surface area contributed by atoms with Gasteiger partial charge in [-0.2, -0.15) is 0 Å². The van der Waals surface area contributed by atoms with Gasteiger partial charge in [-0.15, -0.1) is 0 Å². The van der Waals surface area contributed by atoms with Gasteiger partial charge >= 0.3 is 6.09 Å². The van der Waals surface area contributed by atoms with Crippen molar-refractivity contribution in [2.24, 2.45) is 0 Å². The van der Waals surface area contributed by atoms with Crippen molar-refractivity contribution >= 4 is 34.5 Å². The van der Waals surface area contributed by atoms with E-state index in [1.54, 1.807) is 6.92 Å². The number of likely N-dealkylation sites (tertiary alicyclic amines) is 1. The van der Waals surface area contributed by atoms with Gasteiger partial charge in [-0.3, -0.25) is 19.8 Å². The molecule has 1 heterocycles. The van der Waals surface area contributed by atoms with Crippen molar-refractivity contribution in [3.8, 4) is 11.5 Å². The molecular formula is C18H24N4O9S. The second-order valence-corrected chi connectivity index (χ2v) is 9.06. The van der Waals surface area contributed by atoms with Gasteiger partial charge in [-0.05, 0) is 32.0 Å². The first-order valence-corrected chi connectivity index (χ1v) is 10.6. The van der Waals surface area contributed by atoms with Crippen molar-refractivity contribution in [2.45, 2.75) is 31.1 Å². The number of ether oxygens (including phenoxy) is 1. The number of amides is 4. The number of hydrazine groups is 1. The van der Waals surface area contributed by atoms with E-state index in [1.807, 2.05) is 10.9 Å². The summed E-state index contributed by atoms with van der Waals surface area (Å²) in [7, 11) is -3.05. The Morgan fingerprint density at radius 3 is 2.47 bits per heavy atom. The molecule has 0 unspecified atom stereocenters. The molecule has 5 N–H and O–H groups in total. The number of carbonyl (C=O) groups excluding carboxylic acids is 4. The van der Waals surface area contributed by atoms with Crippen molar-refractivity contribution in [2.75, 3.05) is 19.7 Å². The molecule has 176 valence electrons. The molecule has 1 aromatic carbocycles. The molecule has 0 spiro atoms. The Bertz CT molecular complexity index is 989. The number of thiol groups is 1. The van der Waals surface area contributed by atoms with Gasteiger partial charge in [0.1, 0.15) is 11.4 Å². The van der Waals surface area contributed by atoms with Gasteiger partial charge in [0.05, 0.1) is 6.54 Å². The highest BCUT2D eigenvalue weighted by Gasteiger charge is 2.41. The maximum absolute atomic E-state index is 11.9. The van der Waals surface area contributed by atoms with Crippen LogP contribution in [0.1, 0.15) is 30.6 Å². The quantitative estimate of drug-likeness (QED) is 0.114. The number of phenols is 2. The number of β-lactam (4-membered cyclic amide) rings is 1. The lowest BCUT2D eigenvalue weighted by molar-refractivity contribution is -0.145. The lowest BCUT2D eigenvalue weighted by Crippen LogP contribution is -2.58. The first-order chi connectivity index (χ1) is 14.9. The normalized spacial score (nSPS) is 17.2. The average molecular weight is 472 g/mol. The predicted octanol–water partition coefficient (Wildman–Crippen LogP) is -1.42. The summed E-state index contributed by atoms with van der Waals surface area (Å²) >= 11 is 0. The zero-order chi connectivity index (χ0) is 24.1. The van der Waals surface area contributed by atoms with Gasteiger partial charge in [0, 0.05) is 24.6 Å². The van der Waals surface area contributed by atoms with Crippen molar-refractivity contribution in [3.05, 3.63) is 23.8 Å². The zero-order valence-corrected chi connectivity index (χ0v) is 18.2. The van der Waals surface area contributed by atoms with Crippen LogP contribution in [0.4, 0.5) is 4.79 Å². The summed E-state index contributed by atoms with van der Waals surface area (Å²) in [6.07, 6.45) is -0.817. The van der Waals surface area contributed by atoms with E-state index in [0.29, 0.717) is 6.42 Å². The van der Waals surface area contributed by atoms with Gasteiger partial charge < -0.3 is 25.2 Å². The lowest BCUT2D eigenvalue weighted by Gasteiger charge is -2.42. The van der Waals surface area contributed by atoms with Crippen LogP contribution >= 0.6 is 0 Å². The molecule has 2 rings (SSSR count). The van der Waals surface area contributed by atoms with E-state index in [1.165, 1.54) is 17.9 Å². The van der Waals surface area contributed by atoms with Crippen LogP contribution in [0.5, 0.6) is 11.5 Å². The first kappa shape index (κ1) is 24.7. The minimum absolute atomic E-state index is 0.0125. The van der Waals surface area contributed by atoms with Crippen LogP contribution in [0.25, 0.3) is 0 Å². The maximum Gasteiger partial charge on any atom is 0.426 e. The van der Waals surface area contributed by atoms with E-state index < -0.39 is 58.0 Å². The largest absolute Gasteiger partial charge is 0.504 e. The molecule has 4 amide bonds. The number of rotatable bonds is 8. The summed E-state index contributed by atoms with van der Waals surface area (Å²) in [4.78, 5) is 48.4. The molecule has 0 aliphatic carbocycles. The molecule has 32 heavy (non-hydrogen) atoms. The molecular weight excluding hydrogens is 448 g/mol. The van der Waals surface area contributed by atoms with Crippen LogP contribution in [-0.2, 0) is 25.0 Å². The molecule has 1 saturated heterocycles. The second-order valence-electron chi connectivity index (χ2n) is 7.46. The van der Waals surface area contributed by atoms with Crippen LogP contribution in [0.15, 0.2) is 18.2 Å². The van der Waals surface area contributed by atoms with Crippen molar-refractivity contribution in [1.29, 1.82) is 0 Å². The Hall–Kier alpha value is -3.55. The monoisotopic (exact) mass is 472 g/mol. The number of nitrogens with one attached hydrogen (secondary N) is 3. The number of phenolic OH excluding ortho intramolecular Hbond substituents is 2. The average Bonchev–Trinajstić information content (AvgIpc) is 2.74. The fraction of sp³-hybridized carbons (Fsp3) is 0.444. The highest BCUT2D eigenvalue weighted by Crippen LogP contribution is 2.25. The third-order valence-electron chi connectivity index (χ3n) is 4.74. The lowest BCUT2D eigenvalue weighted by atomic mass is 10.0. The molecule has 2 atom stereocenters. The zero-order valence-electron chi connectivity index (χ0n) is 17.3. The summed E-state index contributed by atoms with van der Waals surface area (Å²) in [6, 6.07) is 3.23. The summed E-state index contributed by atoms with van der Waals surface area (Å²) in [5.74, 6) is -2.66. The van der Waals surface area contributed by atoms with Crippen molar-refractivity contribution in [1.82, 2.24) is 21.1 Å². The van der Waals surface area contributed by atoms with Crippen LogP contribution in [0, 0.1) is 0 Å². The Balaban J connectivity index is 1.76. The van der Waals surface area contributed by atoms with Gasteiger partial charge in [-0.1, -0.05) is 0 Å². The fourth-order valence-electron chi connectivity index (χ4n) is 2.73. The molecule has 1 aromatic rings. The van der Waals surface area contributed by atoms with Crippen LogP contribution in [-0.4, -0.2) is 77.8 Å². The number of hydrogen-bond acceptors (Lipinski definition) is 9. The van der Waals surface area contributed by atoms with Crippen molar-refractivity contribution < 1.29 is 42.5 Å². The maximum atomic E-state index is 11.9. The molecule has 1 fully saturated rings. The molecule has 13 nitrogen and oxygen atoms in total. The molecule has 0 radical (unpaired) electrons. The summed E-state index contributed by atoms with van der Waals surface area (Å²) in [5, 5.41) is 20.8. The summed E-state index contributed by atoms with van der Waals surface area (Å²) < 4.78 is 26.6. The number of benzene rings is 1. The Kier molecular flexibility index (Phi) is 7.86. The van der Waals surface area contributed by atoms with Gasteiger partial charge in [0.2, 0.25) is 5.91 Å². The topological polar surface area (TPSA) is 191 Å². The third kappa shape index (κ3) is 6.23. The number of nitrogens with zero attached hydrogens (tertiary/aromatic N) is 1. The van der Waals surface area contributed by atoms with E-state index in [-0.39, 0.29) is 24.1 Å². The Morgan fingerprint density at radius 1 is 1.22 bits per heavy atom. The van der Waals surface area contributed by atoms with Crippen LogP contribution in [0.2, 0.25) is 0 Å². The van der Waals surface area contributed by atoms with Crippen LogP contribution in [0.3, 0.4) is 0 Å². The number of hydrogen-bond donors (Lipinski definition) is 6.